The highest BCUT2D eigenvalue weighted by atomic mass is 16.5. The SMILES string of the molecule is CN(Cc1nc(CCc2ccccc2)no1)CC1CCCCC1O. The van der Waals surface area contributed by atoms with E-state index in [1.165, 1.54) is 12.0 Å². The van der Waals surface area contributed by atoms with Gasteiger partial charge in [-0.05, 0) is 37.8 Å². The monoisotopic (exact) mass is 329 g/mol. The number of aromatic nitrogens is 2. The molecule has 0 amide bonds. The number of rotatable bonds is 7. The molecule has 2 atom stereocenters. The van der Waals surface area contributed by atoms with Crippen molar-refractivity contribution >= 4 is 0 Å². The van der Waals surface area contributed by atoms with E-state index in [-0.39, 0.29) is 6.10 Å². The average Bonchev–Trinajstić information content (AvgIpc) is 3.03. The third-order valence-corrected chi connectivity index (χ3v) is 4.81. The van der Waals surface area contributed by atoms with Crippen LogP contribution in [0.5, 0.6) is 0 Å². The zero-order valence-electron chi connectivity index (χ0n) is 14.4. The summed E-state index contributed by atoms with van der Waals surface area (Å²) in [5.41, 5.74) is 1.28. The summed E-state index contributed by atoms with van der Waals surface area (Å²) in [7, 11) is 2.05. The van der Waals surface area contributed by atoms with Crippen LogP contribution in [0.15, 0.2) is 34.9 Å². The summed E-state index contributed by atoms with van der Waals surface area (Å²) in [4.78, 5) is 6.67. The molecule has 3 rings (SSSR count). The summed E-state index contributed by atoms with van der Waals surface area (Å²) >= 11 is 0. The Bertz CT molecular complexity index is 614. The van der Waals surface area contributed by atoms with Crippen molar-refractivity contribution in [1.29, 1.82) is 0 Å². The smallest absolute Gasteiger partial charge is 0.240 e. The van der Waals surface area contributed by atoms with Crippen LogP contribution in [0, 0.1) is 5.92 Å². The minimum atomic E-state index is -0.162. The Balaban J connectivity index is 1.46. The Labute approximate surface area is 143 Å². The van der Waals surface area contributed by atoms with Crippen LogP contribution in [0.1, 0.15) is 43.0 Å². The van der Waals surface area contributed by atoms with Crippen molar-refractivity contribution < 1.29 is 9.63 Å². The van der Waals surface area contributed by atoms with Crippen LogP contribution in [-0.4, -0.2) is 39.8 Å². The molecule has 1 aliphatic rings. The number of aliphatic hydroxyl groups excluding tert-OH is 1. The van der Waals surface area contributed by atoms with Crippen LogP contribution in [0.4, 0.5) is 0 Å². The van der Waals surface area contributed by atoms with Gasteiger partial charge in [-0.2, -0.15) is 4.98 Å². The van der Waals surface area contributed by atoms with Gasteiger partial charge in [0.1, 0.15) is 0 Å². The molecule has 0 spiro atoms. The van der Waals surface area contributed by atoms with Gasteiger partial charge in [-0.3, -0.25) is 4.90 Å². The summed E-state index contributed by atoms with van der Waals surface area (Å²) in [6.45, 7) is 1.52. The second-order valence-electron chi connectivity index (χ2n) is 6.90. The molecule has 1 heterocycles. The molecule has 0 bridgehead atoms. The number of aliphatic hydroxyl groups is 1. The molecule has 1 aromatic heterocycles. The van der Waals surface area contributed by atoms with Gasteiger partial charge in [0.25, 0.3) is 0 Å². The predicted molar refractivity (Wildman–Crippen MR) is 92.4 cm³/mol. The van der Waals surface area contributed by atoms with Gasteiger partial charge < -0.3 is 9.63 Å². The van der Waals surface area contributed by atoms with Crippen molar-refractivity contribution in [2.24, 2.45) is 5.92 Å². The minimum absolute atomic E-state index is 0.162. The van der Waals surface area contributed by atoms with E-state index >= 15 is 0 Å². The predicted octanol–water partition coefficient (Wildman–Crippen LogP) is 2.84. The highest BCUT2D eigenvalue weighted by Gasteiger charge is 2.24. The van der Waals surface area contributed by atoms with Crippen LogP contribution in [0.2, 0.25) is 0 Å². The number of benzene rings is 1. The van der Waals surface area contributed by atoms with Crippen LogP contribution >= 0.6 is 0 Å². The van der Waals surface area contributed by atoms with Gasteiger partial charge in [-0.1, -0.05) is 48.3 Å². The molecule has 130 valence electrons. The van der Waals surface area contributed by atoms with Gasteiger partial charge >= 0.3 is 0 Å². The van der Waals surface area contributed by atoms with E-state index in [4.69, 9.17) is 4.52 Å². The summed E-state index contributed by atoms with van der Waals surface area (Å²) in [5.74, 6) is 1.79. The maximum atomic E-state index is 10.1. The molecule has 24 heavy (non-hydrogen) atoms. The number of aryl methyl sites for hydroxylation is 2. The van der Waals surface area contributed by atoms with Crippen LogP contribution in [-0.2, 0) is 19.4 Å². The first-order chi connectivity index (χ1) is 11.7. The lowest BCUT2D eigenvalue weighted by molar-refractivity contribution is 0.0484. The molecule has 1 fully saturated rings. The van der Waals surface area contributed by atoms with E-state index in [0.29, 0.717) is 18.4 Å². The maximum Gasteiger partial charge on any atom is 0.240 e. The summed E-state index contributed by atoms with van der Waals surface area (Å²) < 4.78 is 5.37. The molecular formula is C19H27N3O2. The zero-order valence-corrected chi connectivity index (χ0v) is 14.4. The first-order valence-corrected chi connectivity index (χ1v) is 8.92. The van der Waals surface area contributed by atoms with Gasteiger partial charge in [0.15, 0.2) is 5.82 Å². The molecule has 2 aromatic rings. The number of hydrogen-bond donors (Lipinski definition) is 1. The van der Waals surface area contributed by atoms with Crippen LogP contribution in [0.25, 0.3) is 0 Å². The van der Waals surface area contributed by atoms with Crippen molar-refractivity contribution in [3.05, 3.63) is 47.6 Å². The Kier molecular flexibility index (Phi) is 5.99. The van der Waals surface area contributed by atoms with Gasteiger partial charge in [0, 0.05) is 13.0 Å². The fourth-order valence-corrected chi connectivity index (χ4v) is 3.45. The van der Waals surface area contributed by atoms with Crippen molar-refractivity contribution in [2.75, 3.05) is 13.6 Å². The first-order valence-electron chi connectivity index (χ1n) is 8.92. The average molecular weight is 329 g/mol. The van der Waals surface area contributed by atoms with Crippen molar-refractivity contribution in [2.45, 2.75) is 51.2 Å². The molecule has 0 saturated heterocycles. The third kappa shape index (κ3) is 4.89. The van der Waals surface area contributed by atoms with Crippen molar-refractivity contribution in [1.82, 2.24) is 15.0 Å². The molecule has 1 N–H and O–H groups in total. The molecule has 1 saturated carbocycles. The second-order valence-corrected chi connectivity index (χ2v) is 6.90. The normalized spacial score (nSPS) is 21.3. The third-order valence-electron chi connectivity index (χ3n) is 4.81. The Hall–Kier alpha value is -1.72. The van der Waals surface area contributed by atoms with Gasteiger partial charge in [0.2, 0.25) is 5.89 Å². The number of nitrogens with zero attached hydrogens (tertiary/aromatic N) is 3. The Morgan fingerprint density at radius 2 is 1.96 bits per heavy atom. The van der Waals surface area contributed by atoms with Gasteiger partial charge in [-0.15, -0.1) is 0 Å². The lowest BCUT2D eigenvalue weighted by atomic mass is 9.86. The Morgan fingerprint density at radius 3 is 2.75 bits per heavy atom. The van der Waals surface area contributed by atoms with Gasteiger partial charge in [-0.25, -0.2) is 0 Å². The minimum Gasteiger partial charge on any atom is -0.393 e. The highest BCUT2D eigenvalue weighted by molar-refractivity contribution is 5.15. The molecule has 5 heteroatoms. The summed E-state index contributed by atoms with van der Waals surface area (Å²) in [6.07, 6.45) is 5.96. The molecular weight excluding hydrogens is 302 g/mol. The van der Waals surface area contributed by atoms with E-state index < -0.39 is 0 Å². The fourth-order valence-electron chi connectivity index (χ4n) is 3.45. The molecule has 1 aromatic carbocycles. The second kappa shape index (κ2) is 8.40. The summed E-state index contributed by atoms with van der Waals surface area (Å²) in [5, 5.41) is 14.2. The first kappa shape index (κ1) is 17.1. The molecule has 0 aliphatic heterocycles. The lowest BCUT2D eigenvalue weighted by Gasteiger charge is -2.30. The number of hydrogen-bond acceptors (Lipinski definition) is 5. The fraction of sp³-hybridized carbons (Fsp3) is 0.579. The van der Waals surface area contributed by atoms with Gasteiger partial charge in [0.05, 0.1) is 12.6 Å². The van der Waals surface area contributed by atoms with E-state index in [1.807, 2.05) is 18.2 Å². The summed E-state index contributed by atoms with van der Waals surface area (Å²) in [6, 6.07) is 10.3. The molecule has 1 aliphatic carbocycles. The van der Waals surface area contributed by atoms with E-state index in [9.17, 15) is 5.11 Å². The van der Waals surface area contributed by atoms with Crippen LogP contribution in [0.3, 0.4) is 0 Å². The van der Waals surface area contributed by atoms with E-state index in [2.05, 4.69) is 34.2 Å². The largest absolute Gasteiger partial charge is 0.393 e. The van der Waals surface area contributed by atoms with Crippen LogP contribution < -0.4 is 0 Å². The van der Waals surface area contributed by atoms with Crippen molar-refractivity contribution in [3.8, 4) is 0 Å². The topological polar surface area (TPSA) is 62.4 Å². The highest BCUT2D eigenvalue weighted by Crippen LogP contribution is 2.25. The molecule has 5 nitrogen and oxygen atoms in total. The quantitative estimate of drug-likeness (QED) is 0.846. The van der Waals surface area contributed by atoms with Crippen molar-refractivity contribution in [3.63, 3.8) is 0 Å². The zero-order chi connectivity index (χ0) is 16.8. The van der Waals surface area contributed by atoms with E-state index in [0.717, 1.165) is 44.5 Å². The molecule has 0 radical (unpaired) electrons. The lowest BCUT2D eigenvalue weighted by Crippen LogP contribution is -2.34. The standard InChI is InChI=1S/C19H27N3O2/c1-22(13-16-9-5-6-10-17(16)23)14-19-20-18(21-24-19)12-11-15-7-3-2-4-8-15/h2-4,7-8,16-17,23H,5-6,9-14H2,1H3. The van der Waals surface area contributed by atoms with E-state index in [1.54, 1.807) is 0 Å². The Morgan fingerprint density at radius 1 is 1.17 bits per heavy atom. The molecule has 2 unspecified atom stereocenters. The maximum absolute atomic E-state index is 10.1.